The quantitative estimate of drug-likeness (QED) is 0.785. The van der Waals surface area contributed by atoms with E-state index in [0.717, 1.165) is 0 Å². The molecule has 0 saturated carbocycles. The van der Waals surface area contributed by atoms with Gasteiger partial charge in [0.1, 0.15) is 6.07 Å². The monoisotopic (exact) mass is 219 g/mol. The molecule has 84 valence electrons. The maximum atomic E-state index is 10.6. The third-order valence-electron chi connectivity index (χ3n) is 2.21. The Hall–Kier alpha value is -2.09. The highest BCUT2D eigenvalue weighted by molar-refractivity contribution is 5.68. The standard InChI is InChI=1S/C11H13N3O2/c1-2-9(5-11(15)16)14-10-7-13-4-3-8(10)6-12/h3-4,7,9,14H,2,5H2,1H3,(H,15,16). The molecule has 0 spiro atoms. The number of hydrogen-bond donors (Lipinski definition) is 2. The second-order valence-corrected chi connectivity index (χ2v) is 3.38. The molecule has 1 heterocycles. The second-order valence-electron chi connectivity index (χ2n) is 3.38. The third-order valence-corrected chi connectivity index (χ3v) is 2.21. The van der Waals surface area contributed by atoms with Gasteiger partial charge in [0.05, 0.1) is 23.9 Å². The molecule has 5 nitrogen and oxygen atoms in total. The summed E-state index contributed by atoms with van der Waals surface area (Å²) in [7, 11) is 0. The van der Waals surface area contributed by atoms with Crippen LogP contribution in [0.3, 0.4) is 0 Å². The van der Waals surface area contributed by atoms with Gasteiger partial charge in [-0.05, 0) is 12.5 Å². The molecule has 2 N–H and O–H groups in total. The van der Waals surface area contributed by atoms with Gasteiger partial charge in [0.15, 0.2) is 0 Å². The van der Waals surface area contributed by atoms with Gasteiger partial charge in [-0.1, -0.05) is 6.92 Å². The van der Waals surface area contributed by atoms with Gasteiger partial charge in [-0.2, -0.15) is 5.26 Å². The Morgan fingerprint density at radius 1 is 1.75 bits per heavy atom. The number of nitrogens with one attached hydrogen (secondary N) is 1. The van der Waals surface area contributed by atoms with Crippen LogP contribution in [0.15, 0.2) is 18.5 Å². The average Bonchev–Trinajstić information content (AvgIpc) is 2.28. The number of nitriles is 1. The highest BCUT2D eigenvalue weighted by atomic mass is 16.4. The summed E-state index contributed by atoms with van der Waals surface area (Å²) in [5.41, 5.74) is 1.05. The average molecular weight is 219 g/mol. The van der Waals surface area contributed by atoms with Crippen LogP contribution in [-0.2, 0) is 4.79 Å². The molecular weight excluding hydrogens is 206 g/mol. The first kappa shape index (κ1) is 12.0. The molecule has 0 aliphatic heterocycles. The largest absolute Gasteiger partial charge is 0.481 e. The maximum Gasteiger partial charge on any atom is 0.305 e. The third kappa shape index (κ3) is 3.24. The van der Waals surface area contributed by atoms with Crippen LogP contribution >= 0.6 is 0 Å². The lowest BCUT2D eigenvalue weighted by Gasteiger charge is -2.16. The van der Waals surface area contributed by atoms with Crippen molar-refractivity contribution < 1.29 is 9.90 Å². The van der Waals surface area contributed by atoms with Gasteiger partial charge in [-0.15, -0.1) is 0 Å². The number of nitrogens with zero attached hydrogens (tertiary/aromatic N) is 2. The van der Waals surface area contributed by atoms with Crippen LogP contribution in [0.4, 0.5) is 5.69 Å². The molecule has 1 rings (SSSR count). The Morgan fingerprint density at radius 3 is 3.06 bits per heavy atom. The van der Waals surface area contributed by atoms with Gasteiger partial charge in [-0.25, -0.2) is 0 Å². The van der Waals surface area contributed by atoms with Crippen molar-refractivity contribution in [3.63, 3.8) is 0 Å². The zero-order chi connectivity index (χ0) is 12.0. The number of aliphatic carboxylic acids is 1. The van der Waals surface area contributed by atoms with E-state index < -0.39 is 5.97 Å². The predicted octanol–water partition coefficient (Wildman–Crippen LogP) is 1.62. The summed E-state index contributed by atoms with van der Waals surface area (Å²) in [5.74, 6) is -0.859. The van der Waals surface area contributed by atoms with Crippen molar-refractivity contribution >= 4 is 11.7 Å². The molecule has 16 heavy (non-hydrogen) atoms. The van der Waals surface area contributed by atoms with Crippen molar-refractivity contribution in [1.29, 1.82) is 5.26 Å². The van der Waals surface area contributed by atoms with Gasteiger partial charge in [0.25, 0.3) is 0 Å². The Balaban J connectivity index is 2.78. The maximum absolute atomic E-state index is 10.6. The minimum atomic E-state index is -0.859. The summed E-state index contributed by atoms with van der Waals surface area (Å²) < 4.78 is 0. The van der Waals surface area contributed by atoms with Gasteiger partial charge in [0, 0.05) is 12.2 Å². The number of carboxylic acid groups (broad SMARTS) is 1. The molecule has 1 aromatic heterocycles. The molecule has 0 aromatic carbocycles. The summed E-state index contributed by atoms with van der Waals surface area (Å²) in [6, 6.07) is 3.44. The van der Waals surface area contributed by atoms with E-state index in [1.54, 1.807) is 6.07 Å². The Labute approximate surface area is 93.7 Å². The molecule has 0 aliphatic carbocycles. The number of rotatable bonds is 5. The molecule has 1 aromatic rings. The van der Waals surface area contributed by atoms with Gasteiger partial charge in [0.2, 0.25) is 0 Å². The first-order chi connectivity index (χ1) is 7.67. The molecule has 0 bridgehead atoms. The van der Waals surface area contributed by atoms with E-state index in [-0.39, 0.29) is 12.5 Å². The fourth-order valence-electron chi connectivity index (χ4n) is 1.34. The first-order valence-corrected chi connectivity index (χ1v) is 4.99. The van der Waals surface area contributed by atoms with Gasteiger partial charge >= 0.3 is 5.97 Å². The molecule has 0 radical (unpaired) electrons. The minimum absolute atomic E-state index is 0.0241. The summed E-state index contributed by atoms with van der Waals surface area (Å²) in [4.78, 5) is 14.5. The zero-order valence-corrected chi connectivity index (χ0v) is 8.97. The van der Waals surface area contributed by atoms with E-state index in [1.165, 1.54) is 12.4 Å². The highest BCUT2D eigenvalue weighted by Gasteiger charge is 2.12. The number of carboxylic acids is 1. The first-order valence-electron chi connectivity index (χ1n) is 4.99. The summed E-state index contributed by atoms with van der Waals surface area (Å²) in [6.45, 7) is 1.89. The lowest BCUT2D eigenvalue weighted by molar-refractivity contribution is -0.137. The van der Waals surface area contributed by atoms with Crippen molar-refractivity contribution in [1.82, 2.24) is 4.98 Å². The van der Waals surface area contributed by atoms with E-state index in [2.05, 4.69) is 10.3 Å². The van der Waals surface area contributed by atoms with E-state index in [4.69, 9.17) is 10.4 Å². The van der Waals surface area contributed by atoms with Crippen LogP contribution in [0.25, 0.3) is 0 Å². The van der Waals surface area contributed by atoms with Crippen molar-refractivity contribution in [2.24, 2.45) is 0 Å². The molecule has 5 heteroatoms. The fraction of sp³-hybridized carbons (Fsp3) is 0.364. The number of aromatic nitrogens is 1. The Morgan fingerprint density at radius 2 is 2.50 bits per heavy atom. The van der Waals surface area contributed by atoms with Crippen molar-refractivity contribution in [2.75, 3.05) is 5.32 Å². The van der Waals surface area contributed by atoms with E-state index >= 15 is 0 Å². The molecule has 0 saturated heterocycles. The Kier molecular flexibility index (Phi) is 4.28. The summed E-state index contributed by atoms with van der Waals surface area (Å²) >= 11 is 0. The van der Waals surface area contributed by atoms with Crippen LogP contribution in [-0.4, -0.2) is 22.1 Å². The van der Waals surface area contributed by atoms with Crippen LogP contribution in [0.1, 0.15) is 25.3 Å². The van der Waals surface area contributed by atoms with E-state index in [0.29, 0.717) is 17.7 Å². The summed E-state index contributed by atoms with van der Waals surface area (Å²) in [5, 5.41) is 20.6. The summed E-state index contributed by atoms with van der Waals surface area (Å²) in [6.07, 6.45) is 3.76. The van der Waals surface area contributed by atoms with Crippen molar-refractivity contribution in [2.45, 2.75) is 25.8 Å². The molecule has 0 aliphatic rings. The number of carbonyl (C=O) groups is 1. The molecular formula is C11H13N3O2. The SMILES string of the molecule is CCC(CC(=O)O)Nc1cnccc1C#N. The van der Waals surface area contributed by atoms with Crippen molar-refractivity contribution in [3.8, 4) is 6.07 Å². The number of hydrogen-bond acceptors (Lipinski definition) is 4. The number of pyridine rings is 1. The minimum Gasteiger partial charge on any atom is -0.481 e. The van der Waals surface area contributed by atoms with Crippen LogP contribution in [0, 0.1) is 11.3 Å². The van der Waals surface area contributed by atoms with Crippen LogP contribution in [0.2, 0.25) is 0 Å². The number of anilines is 1. The van der Waals surface area contributed by atoms with E-state index in [1.807, 2.05) is 13.0 Å². The lowest BCUT2D eigenvalue weighted by atomic mass is 10.1. The van der Waals surface area contributed by atoms with Gasteiger partial charge in [-0.3, -0.25) is 9.78 Å². The normalized spacial score (nSPS) is 11.5. The smallest absolute Gasteiger partial charge is 0.305 e. The Bertz CT molecular complexity index is 412. The van der Waals surface area contributed by atoms with E-state index in [9.17, 15) is 4.79 Å². The highest BCUT2D eigenvalue weighted by Crippen LogP contribution is 2.15. The second kappa shape index (κ2) is 5.71. The van der Waals surface area contributed by atoms with Crippen LogP contribution < -0.4 is 5.32 Å². The van der Waals surface area contributed by atoms with Gasteiger partial charge < -0.3 is 10.4 Å². The molecule has 1 atom stereocenters. The molecule has 0 fully saturated rings. The molecule has 0 amide bonds. The van der Waals surface area contributed by atoms with Crippen molar-refractivity contribution in [3.05, 3.63) is 24.0 Å². The topological polar surface area (TPSA) is 86.0 Å². The molecule has 1 unspecified atom stereocenters. The fourth-order valence-corrected chi connectivity index (χ4v) is 1.34. The van der Waals surface area contributed by atoms with Crippen LogP contribution in [0.5, 0.6) is 0 Å². The zero-order valence-electron chi connectivity index (χ0n) is 8.97. The predicted molar refractivity (Wildman–Crippen MR) is 58.9 cm³/mol. The lowest BCUT2D eigenvalue weighted by Crippen LogP contribution is -2.22.